The van der Waals surface area contributed by atoms with Gasteiger partial charge in [0, 0.05) is 55.3 Å². The first-order chi connectivity index (χ1) is 16.9. The van der Waals surface area contributed by atoms with Gasteiger partial charge in [-0.2, -0.15) is 5.10 Å². The van der Waals surface area contributed by atoms with E-state index >= 15 is 0 Å². The lowest BCUT2D eigenvalue weighted by atomic mass is 9.84. The van der Waals surface area contributed by atoms with Crippen molar-refractivity contribution < 1.29 is 13.2 Å². The van der Waals surface area contributed by atoms with Crippen molar-refractivity contribution in [3.63, 3.8) is 0 Å². The van der Waals surface area contributed by atoms with Crippen LogP contribution in [0.2, 0.25) is 0 Å². The molecule has 5 rings (SSSR count). The van der Waals surface area contributed by atoms with Gasteiger partial charge in [-0.1, -0.05) is 6.07 Å². The smallest absolute Gasteiger partial charge is 0.208 e. The van der Waals surface area contributed by atoms with E-state index in [0.29, 0.717) is 19.1 Å². The van der Waals surface area contributed by atoms with Crippen LogP contribution < -0.4 is 9.62 Å². The number of sulfonamides is 1. The maximum absolute atomic E-state index is 12.0. The summed E-state index contributed by atoms with van der Waals surface area (Å²) in [5.74, 6) is 1.43. The Morgan fingerprint density at radius 2 is 1.94 bits per heavy atom. The summed E-state index contributed by atoms with van der Waals surface area (Å²) in [6, 6.07) is 7.93. The lowest BCUT2D eigenvalue weighted by molar-refractivity contribution is -0.00231. The molecule has 1 saturated carbocycles. The summed E-state index contributed by atoms with van der Waals surface area (Å²) in [7, 11) is -1.35. The second kappa shape index (κ2) is 10.2. The van der Waals surface area contributed by atoms with Crippen molar-refractivity contribution in [1.29, 1.82) is 0 Å². The Kier molecular flexibility index (Phi) is 7.04. The molecule has 0 radical (unpaired) electrons. The van der Waals surface area contributed by atoms with E-state index in [1.54, 1.807) is 6.20 Å². The van der Waals surface area contributed by atoms with E-state index in [9.17, 15) is 8.42 Å². The molecule has 4 heterocycles. The largest absolute Gasteiger partial charge is 0.378 e. The van der Waals surface area contributed by atoms with E-state index in [1.807, 2.05) is 42.3 Å². The summed E-state index contributed by atoms with van der Waals surface area (Å²) in [6.45, 7) is 2.01. The predicted octanol–water partition coefficient (Wildman–Crippen LogP) is 2.85. The van der Waals surface area contributed by atoms with Gasteiger partial charge in [0.2, 0.25) is 10.0 Å². The number of pyridine rings is 2. The molecule has 0 aromatic carbocycles. The van der Waals surface area contributed by atoms with Gasteiger partial charge in [0.25, 0.3) is 0 Å². The number of piperidine rings is 1. The number of nitrogens with one attached hydrogen (secondary N) is 1. The Balaban J connectivity index is 1.18. The van der Waals surface area contributed by atoms with Gasteiger partial charge in [0.15, 0.2) is 0 Å². The van der Waals surface area contributed by atoms with Gasteiger partial charge in [-0.25, -0.2) is 18.1 Å². The molecule has 35 heavy (non-hydrogen) atoms. The molecule has 1 aliphatic heterocycles. The third-order valence-corrected chi connectivity index (χ3v) is 8.10. The van der Waals surface area contributed by atoms with E-state index in [0.717, 1.165) is 61.1 Å². The monoisotopic (exact) mass is 498 g/mol. The Labute approximate surface area is 206 Å². The molecule has 3 aromatic heterocycles. The number of anilines is 1. The number of hydrogen-bond donors (Lipinski definition) is 1. The Morgan fingerprint density at radius 3 is 2.69 bits per heavy atom. The number of fused-ring (bicyclic) bond motifs is 1. The number of aromatic nitrogens is 4. The first kappa shape index (κ1) is 24.1. The van der Waals surface area contributed by atoms with Crippen molar-refractivity contribution in [3.8, 4) is 0 Å². The van der Waals surface area contributed by atoms with Crippen molar-refractivity contribution in [2.24, 2.45) is 13.0 Å². The summed E-state index contributed by atoms with van der Waals surface area (Å²) in [4.78, 5) is 11.4. The van der Waals surface area contributed by atoms with E-state index < -0.39 is 10.0 Å². The Morgan fingerprint density at radius 1 is 1.11 bits per heavy atom. The molecule has 0 unspecified atom stereocenters. The maximum atomic E-state index is 12.0. The molecule has 0 amide bonds. The zero-order valence-electron chi connectivity index (χ0n) is 20.4. The van der Waals surface area contributed by atoms with Crippen LogP contribution in [0.1, 0.15) is 43.7 Å². The van der Waals surface area contributed by atoms with Gasteiger partial charge in [-0.15, -0.1) is 0 Å². The average molecular weight is 499 g/mol. The fourth-order valence-corrected chi connectivity index (χ4v) is 6.31. The second-order valence-electron chi connectivity index (χ2n) is 9.92. The summed E-state index contributed by atoms with van der Waals surface area (Å²) in [5, 5.41) is 5.46. The van der Waals surface area contributed by atoms with Crippen LogP contribution in [0.3, 0.4) is 0 Å². The zero-order valence-corrected chi connectivity index (χ0v) is 21.2. The van der Waals surface area contributed by atoms with E-state index in [-0.39, 0.29) is 18.1 Å². The molecule has 0 spiro atoms. The van der Waals surface area contributed by atoms with Gasteiger partial charge in [-0.05, 0) is 50.3 Å². The summed E-state index contributed by atoms with van der Waals surface area (Å²) in [5.41, 5.74) is 2.19. The lowest BCUT2D eigenvalue weighted by Crippen LogP contribution is -2.52. The highest BCUT2D eigenvalue weighted by molar-refractivity contribution is 7.88. The fraction of sp³-hybridized carbons (Fsp3) is 0.560. The number of rotatable bonds is 7. The number of nitrogens with zero attached hydrogens (tertiary/aromatic N) is 5. The minimum absolute atomic E-state index is 0.0628. The minimum atomic E-state index is -3.29. The third-order valence-electron chi connectivity index (χ3n) is 7.36. The normalized spacial score (nSPS) is 25.7. The van der Waals surface area contributed by atoms with Crippen LogP contribution in [0.15, 0.2) is 42.9 Å². The molecule has 1 N–H and O–H groups in total. The molecule has 10 heteroatoms. The van der Waals surface area contributed by atoms with Crippen LogP contribution in [-0.4, -0.2) is 66.3 Å². The highest BCUT2D eigenvalue weighted by Crippen LogP contribution is 2.34. The highest BCUT2D eigenvalue weighted by Gasteiger charge is 2.33. The van der Waals surface area contributed by atoms with Crippen LogP contribution in [0.25, 0.3) is 10.9 Å². The summed E-state index contributed by atoms with van der Waals surface area (Å²) >= 11 is 0. The van der Waals surface area contributed by atoms with Crippen molar-refractivity contribution >= 4 is 26.7 Å². The van der Waals surface area contributed by atoms with Crippen molar-refractivity contribution in [2.45, 2.75) is 50.2 Å². The Hall–Kier alpha value is -2.56. The zero-order chi connectivity index (χ0) is 24.4. The molecule has 188 valence electrons. The molecular weight excluding hydrogens is 464 g/mol. The van der Waals surface area contributed by atoms with Crippen LogP contribution in [-0.2, 0) is 21.8 Å². The second-order valence-corrected chi connectivity index (χ2v) is 11.7. The fourth-order valence-electron chi connectivity index (χ4n) is 5.45. The third kappa shape index (κ3) is 5.82. The van der Waals surface area contributed by atoms with Gasteiger partial charge >= 0.3 is 0 Å². The van der Waals surface area contributed by atoms with Crippen LogP contribution in [0.4, 0.5) is 5.82 Å². The molecular formula is C25H34N6O3S. The van der Waals surface area contributed by atoms with E-state index in [1.165, 1.54) is 6.26 Å². The minimum Gasteiger partial charge on any atom is -0.378 e. The van der Waals surface area contributed by atoms with Gasteiger partial charge < -0.3 is 9.64 Å². The molecule has 1 saturated heterocycles. The lowest BCUT2D eigenvalue weighted by Gasteiger charge is -2.40. The van der Waals surface area contributed by atoms with Crippen molar-refractivity contribution in [2.75, 3.05) is 30.9 Å². The number of hydrogen-bond acceptors (Lipinski definition) is 7. The summed E-state index contributed by atoms with van der Waals surface area (Å²) in [6.07, 6.45) is 11.8. The molecule has 2 aliphatic rings. The Bertz CT molecular complexity index is 1240. The van der Waals surface area contributed by atoms with Gasteiger partial charge in [0.1, 0.15) is 5.82 Å². The van der Waals surface area contributed by atoms with E-state index in [2.05, 4.69) is 25.8 Å². The van der Waals surface area contributed by atoms with E-state index in [4.69, 9.17) is 9.72 Å². The molecule has 1 aliphatic carbocycles. The predicted molar refractivity (Wildman–Crippen MR) is 136 cm³/mol. The molecule has 9 nitrogen and oxygen atoms in total. The standard InChI is InChI=1S/C25H34N6O3S/c1-30-24-15-27-23(13-19(24)14-28-30)18-6-8-21(9-7-18)34-17-20-16-31(25-5-3-4-11-26-25)12-10-22(20)29-35(2,32)33/h3-5,11,13-15,18,20-22,29H,6-10,12,16-17H2,1-2H3/t18?,20-,21?,22-/m0/s1. The maximum Gasteiger partial charge on any atom is 0.208 e. The molecule has 3 aromatic rings. The first-order valence-electron chi connectivity index (χ1n) is 12.4. The highest BCUT2D eigenvalue weighted by atomic mass is 32.2. The average Bonchev–Trinajstić information content (AvgIpc) is 3.23. The van der Waals surface area contributed by atoms with Gasteiger partial charge in [-0.3, -0.25) is 9.67 Å². The van der Waals surface area contributed by atoms with Crippen LogP contribution in [0, 0.1) is 5.92 Å². The summed E-state index contributed by atoms with van der Waals surface area (Å²) < 4.78 is 35.0. The van der Waals surface area contributed by atoms with Crippen LogP contribution in [0.5, 0.6) is 0 Å². The molecule has 2 atom stereocenters. The number of aryl methyl sites for hydroxylation is 1. The first-order valence-corrected chi connectivity index (χ1v) is 14.3. The quantitative estimate of drug-likeness (QED) is 0.534. The SMILES string of the molecule is Cn1ncc2cc(C3CCC(OC[C@@H]4CN(c5ccccn5)CC[C@@H]4NS(C)(=O)=O)CC3)ncc21. The van der Waals surface area contributed by atoms with Crippen molar-refractivity contribution in [3.05, 3.63) is 48.5 Å². The van der Waals surface area contributed by atoms with Crippen molar-refractivity contribution in [1.82, 2.24) is 24.5 Å². The molecule has 2 fully saturated rings. The molecule has 0 bridgehead atoms. The topological polar surface area (TPSA) is 102 Å². The van der Waals surface area contributed by atoms with Gasteiger partial charge in [0.05, 0.1) is 36.9 Å². The van der Waals surface area contributed by atoms with Crippen LogP contribution >= 0.6 is 0 Å². The number of ether oxygens (including phenoxy) is 1.